The number of nitriles is 1. The monoisotopic (exact) mass is 453 g/mol. The first kappa shape index (κ1) is 22.7. The SMILES string of the molecule is COc1ccc(C)cc1C(=O)CCC(=O)Nc1c(C#N)cnn1-c1cc(C)c2ccccc2n1. The lowest BCUT2D eigenvalue weighted by Gasteiger charge is -2.11. The van der Waals surface area contributed by atoms with E-state index >= 15 is 0 Å². The van der Waals surface area contributed by atoms with Crippen LogP contribution in [-0.2, 0) is 4.79 Å². The van der Waals surface area contributed by atoms with Crippen LogP contribution in [0.15, 0.2) is 54.7 Å². The molecule has 2 aromatic heterocycles. The minimum atomic E-state index is -0.407. The fourth-order valence-electron chi connectivity index (χ4n) is 3.76. The molecule has 170 valence electrons. The van der Waals surface area contributed by atoms with Gasteiger partial charge >= 0.3 is 0 Å². The molecule has 0 bridgehead atoms. The number of ketones is 1. The van der Waals surface area contributed by atoms with E-state index in [0.717, 1.165) is 22.0 Å². The molecule has 0 fully saturated rings. The van der Waals surface area contributed by atoms with Crippen LogP contribution in [0.1, 0.15) is 39.9 Å². The van der Waals surface area contributed by atoms with E-state index in [1.54, 1.807) is 12.1 Å². The molecule has 4 aromatic rings. The second kappa shape index (κ2) is 9.55. The lowest BCUT2D eigenvalue weighted by atomic mass is 10.0. The predicted octanol–water partition coefficient (Wildman–Crippen LogP) is 4.52. The Hall–Kier alpha value is -4.51. The summed E-state index contributed by atoms with van der Waals surface area (Å²) in [5.41, 5.74) is 3.34. The summed E-state index contributed by atoms with van der Waals surface area (Å²) in [5.74, 6) is 0.565. The molecule has 0 aliphatic carbocycles. The fourth-order valence-corrected chi connectivity index (χ4v) is 3.76. The minimum Gasteiger partial charge on any atom is -0.496 e. The third kappa shape index (κ3) is 4.50. The van der Waals surface area contributed by atoms with E-state index in [1.807, 2.05) is 56.3 Å². The second-order valence-electron chi connectivity index (χ2n) is 7.92. The molecule has 2 heterocycles. The summed E-state index contributed by atoms with van der Waals surface area (Å²) in [6, 6.07) is 16.9. The zero-order chi connectivity index (χ0) is 24.2. The van der Waals surface area contributed by atoms with Gasteiger partial charge in [-0.3, -0.25) is 9.59 Å². The molecular formula is C26H23N5O3. The van der Waals surface area contributed by atoms with Crippen LogP contribution in [0.4, 0.5) is 5.82 Å². The van der Waals surface area contributed by atoms with E-state index in [1.165, 1.54) is 18.0 Å². The largest absolute Gasteiger partial charge is 0.496 e. The molecule has 0 spiro atoms. The number of amides is 1. The number of Topliss-reactive ketones (excluding diaryl/α,β-unsaturated/α-hetero) is 1. The molecule has 0 saturated heterocycles. The number of para-hydroxylation sites is 1. The van der Waals surface area contributed by atoms with Gasteiger partial charge in [0.15, 0.2) is 17.4 Å². The van der Waals surface area contributed by atoms with Gasteiger partial charge in [-0.25, -0.2) is 4.98 Å². The summed E-state index contributed by atoms with van der Waals surface area (Å²) < 4.78 is 6.70. The molecule has 0 atom stereocenters. The van der Waals surface area contributed by atoms with Crippen molar-refractivity contribution < 1.29 is 14.3 Å². The number of hydrogen-bond acceptors (Lipinski definition) is 6. The van der Waals surface area contributed by atoms with Crippen LogP contribution in [0.3, 0.4) is 0 Å². The molecule has 0 aliphatic rings. The van der Waals surface area contributed by atoms with Crippen molar-refractivity contribution in [3.63, 3.8) is 0 Å². The van der Waals surface area contributed by atoms with Crippen molar-refractivity contribution in [1.82, 2.24) is 14.8 Å². The van der Waals surface area contributed by atoms with Crippen LogP contribution < -0.4 is 10.1 Å². The molecule has 1 amide bonds. The number of benzene rings is 2. The number of ether oxygens (including phenoxy) is 1. The van der Waals surface area contributed by atoms with E-state index in [-0.39, 0.29) is 30.0 Å². The molecule has 8 heteroatoms. The molecular weight excluding hydrogens is 430 g/mol. The highest BCUT2D eigenvalue weighted by Crippen LogP contribution is 2.25. The average molecular weight is 454 g/mol. The van der Waals surface area contributed by atoms with Gasteiger partial charge in [0.05, 0.1) is 24.4 Å². The second-order valence-corrected chi connectivity index (χ2v) is 7.92. The van der Waals surface area contributed by atoms with E-state index < -0.39 is 5.91 Å². The zero-order valence-electron chi connectivity index (χ0n) is 19.1. The van der Waals surface area contributed by atoms with Gasteiger partial charge in [-0.15, -0.1) is 0 Å². The van der Waals surface area contributed by atoms with Crippen molar-refractivity contribution in [2.45, 2.75) is 26.7 Å². The number of aryl methyl sites for hydroxylation is 2. The topological polar surface area (TPSA) is 110 Å². The number of anilines is 1. The first-order valence-electron chi connectivity index (χ1n) is 10.7. The van der Waals surface area contributed by atoms with Gasteiger partial charge in [-0.05, 0) is 43.7 Å². The molecule has 1 N–H and O–H groups in total. The zero-order valence-corrected chi connectivity index (χ0v) is 19.1. The third-order valence-corrected chi connectivity index (χ3v) is 5.51. The smallest absolute Gasteiger partial charge is 0.226 e. The normalized spacial score (nSPS) is 10.6. The summed E-state index contributed by atoms with van der Waals surface area (Å²) in [6.45, 7) is 3.85. The standard InChI is InChI=1S/C26H23N5O3/c1-16-8-10-23(34-3)20(12-16)22(32)9-11-25(33)30-26-18(14-27)15-28-31(26)24-13-17(2)19-6-4-5-7-21(19)29-24/h4-8,10,12-13,15H,9,11H2,1-3H3,(H,30,33). The van der Waals surface area contributed by atoms with Crippen molar-refractivity contribution in [1.29, 1.82) is 5.26 Å². The molecule has 2 aromatic carbocycles. The number of carbonyl (C=O) groups excluding carboxylic acids is 2. The molecule has 0 unspecified atom stereocenters. The number of methoxy groups -OCH3 is 1. The molecule has 34 heavy (non-hydrogen) atoms. The fraction of sp³-hybridized carbons (Fsp3) is 0.192. The number of carbonyl (C=O) groups is 2. The summed E-state index contributed by atoms with van der Waals surface area (Å²) in [6.07, 6.45) is 1.32. The van der Waals surface area contributed by atoms with Crippen LogP contribution in [0.2, 0.25) is 0 Å². The van der Waals surface area contributed by atoms with Crippen molar-refractivity contribution in [2.75, 3.05) is 12.4 Å². The Morgan fingerprint density at radius 3 is 2.68 bits per heavy atom. The van der Waals surface area contributed by atoms with Crippen molar-refractivity contribution in [3.8, 4) is 17.6 Å². The minimum absolute atomic E-state index is 0.00496. The van der Waals surface area contributed by atoms with Gasteiger partial charge in [-0.1, -0.05) is 29.8 Å². The van der Waals surface area contributed by atoms with Gasteiger partial charge in [0.25, 0.3) is 0 Å². The Morgan fingerprint density at radius 1 is 1.12 bits per heavy atom. The maximum Gasteiger partial charge on any atom is 0.226 e. The maximum absolute atomic E-state index is 12.7. The first-order valence-corrected chi connectivity index (χ1v) is 10.7. The third-order valence-electron chi connectivity index (χ3n) is 5.51. The van der Waals surface area contributed by atoms with Crippen LogP contribution in [0.25, 0.3) is 16.7 Å². The molecule has 8 nitrogen and oxygen atoms in total. The summed E-state index contributed by atoms with van der Waals surface area (Å²) in [5, 5.41) is 17.5. The number of hydrogen-bond donors (Lipinski definition) is 1. The average Bonchev–Trinajstić information content (AvgIpc) is 3.24. The van der Waals surface area contributed by atoms with Crippen LogP contribution in [0.5, 0.6) is 5.75 Å². The van der Waals surface area contributed by atoms with E-state index in [9.17, 15) is 14.9 Å². The molecule has 4 rings (SSSR count). The van der Waals surface area contributed by atoms with Crippen LogP contribution in [-0.4, -0.2) is 33.6 Å². The first-order chi connectivity index (χ1) is 16.4. The number of nitrogens with one attached hydrogen (secondary N) is 1. The predicted molar refractivity (Wildman–Crippen MR) is 128 cm³/mol. The summed E-state index contributed by atoms with van der Waals surface area (Å²) in [7, 11) is 1.50. The number of pyridine rings is 1. The summed E-state index contributed by atoms with van der Waals surface area (Å²) >= 11 is 0. The van der Waals surface area contributed by atoms with E-state index in [0.29, 0.717) is 17.1 Å². The van der Waals surface area contributed by atoms with E-state index in [2.05, 4.69) is 15.4 Å². The number of nitrogens with zero attached hydrogens (tertiary/aromatic N) is 4. The molecule has 0 saturated carbocycles. The lowest BCUT2D eigenvalue weighted by Crippen LogP contribution is -2.17. The Kier molecular flexibility index (Phi) is 6.37. The van der Waals surface area contributed by atoms with Gasteiger partial charge in [0, 0.05) is 18.2 Å². The van der Waals surface area contributed by atoms with Crippen LogP contribution >= 0.6 is 0 Å². The Labute approximate surface area is 196 Å². The van der Waals surface area contributed by atoms with Crippen molar-refractivity contribution in [2.24, 2.45) is 0 Å². The number of rotatable bonds is 7. The molecule has 0 aliphatic heterocycles. The lowest BCUT2D eigenvalue weighted by molar-refractivity contribution is -0.116. The summed E-state index contributed by atoms with van der Waals surface area (Å²) in [4.78, 5) is 30.1. The molecule has 0 radical (unpaired) electrons. The highest BCUT2D eigenvalue weighted by molar-refractivity contribution is 6.02. The highest BCUT2D eigenvalue weighted by atomic mass is 16.5. The van der Waals surface area contributed by atoms with Gasteiger partial charge in [-0.2, -0.15) is 15.0 Å². The van der Waals surface area contributed by atoms with Gasteiger partial charge in [0.1, 0.15) is 17.4 Å². The number of aromatic nitrogens is 3. The number of fused-ring (bicyclic) bond motifs is 1. The Bertz CT molecular complexity index is 1450. The Balaban J connectivity index is 1.55. The quantitative estimate of drug-likeness (QED) is 0.412. The van der Waals surface area contributed by atoms with Crippen molar-refractivity contribution >= 4 is 28.4 Å². The van der Waals surface area contributed by atoms with Gasteiger partial charge < -0.3 is 10.1 Å². The van der Waals surface area contributed by atoms with Crippen molar-refractivity contribution in [3.05, 3.63) is 77.0 Å². The Morgan fingerprint density at radius 2 is 1.91 bits per heavy atom. The highest BCUT2D eigenvalue weighted by Gasteiger charge is 2.19. The maximum atomic E-state index is 12.7. The van der Waals surface area contributed by atoms with Gasteiger partial charge in [0.2, 0.25) is 5.91 Å². The van der Waals surface area contributed by atoms with E-state index in [4.69, 9.17) is 4.74 Å². The van der Waals surface area contributed by atoms with Crippen LogP contribution in [0, 0.1) is 25.2 Å².